The highest BCUT2D eigenvalue weighted by Crippen LogP contribution is 2.32. The second-order valence-corrected chi connectivity index (χ2v) is 9.85. The van der Waals surface area contributed by atoms with E-state index >= 15 is 0 Å². The topological polar surface area (TPSA) is 9.23 Å². The van der Waals surface area contributed by atoms with E-state index < -0.39 is 0 Å². The number of unbranched alkanes of at least 4 members (excludes halogenated alkanes) is 6. The molecule has 2 aromatic carbocycles. The molecular weight excluding hydrogens is 400 g/mol. The van der Waals surface area contributed by atoms with Crippen LogP contribution in [0.3, 0.4) is 0 Å². The summed E-state index contributed by atoms with van der Waals surface area (Å²) in [6, 6.07) is 17.2. The van der Waals surface area contributed by atoms with Gasteiger partial charge in [0.15, 0.2) is 0 Å². The average Bonchev–Trinajstić information content (AvgIpc) is 2.87. The number of ether oxygens (including phenoxy) is 1. The molecule has 0 spiro atoms. The molecule has 0 aliphatic heterocycles. The molecule has 0 aromatic heterocycles. The lowest BCUT2D eigenvalue weighted by Gasteiger charge is -2.25. The summed E-state index contributed by atoms with van der Waals surface area (Å²) in [5.74, 6) is 9.52. The third-order valence-corrected chi connectivity index (χ3v) is 7.07. The highest BCUT2D eigenvalue weighted by atomic mass is 16.5. The number of rotatable bonds is 12. The van der Waals surface area contributed by atoms with Gasteiger partial charge in [-0.05, 0) is 73.4 Å². The fourth-order valence-corrected chi connectivity index (χ4v) is 4.85. The van der Waals surface area contributed by atoms with Crippen molar-refractivity contribution in [3.8, 4) is 28.7 Å². The van der Waals surface area contributed by atoms with Gasteiger partial charge in [-0.25, -0.2) is 0 Å². The van der Waals surface area contributed by atoms with Crippen molar-refractivity contribution in [2.45, 2.75) is 97.3 Å². The van der Waals surface area contributed by atoms with E-state index in [1.165, 1.54) is 88.2 Å². The van der Waals surface area contributed by atoms with Gasteiger partial charge in [-0.1, -0.05) is 101 Å². The summed E-state index contributed by atoms with van der Waals surface area (Å²) in [4.78, 5) is 0. The fraction of sp³-hybridized carbons (Fsp3) is 0.562. The average molecular weight is 445 g/mol. The molecule has 1 saturated carbocycles. The predicted octanol–water partition coefficient (Wildman–Crippen LogP) is 9.44. The lowest BCUT2D eigenvalue weighted by molar-refractivity contribution is 0.294. The number of hydrogen-bond donors (Lipinski definition) is 0. The molecule has 178 valence electrons. The fourth-order valence-electron chi connectivity index (χ4n) is 4.85. The van der Waals surface area contributed by atoms with Crippen LogP contribution in [0, 0.1) is 23.7 Å². The lowest BCUT2D eigenvalue weighted by atomic mass is 9.80. The van der Waals surface area contributed by atoms with Crippen LogP contribution in [0.1, 0.15) is 103 Å². The van der Waals surface area contributed by atoms with E-state index in [0.717, 1.165) is 30.3 Å². The van der Waals surface area contributed by atoms with E-state index in [1.807, 2.05) is 0 Å². The first-order chi connectivity index (χ1) is 16.3. The molecule has 1 fully saturated rings. The summed E-state index contributed by atoms with van der Waals surface area (Å²) in [6.45, 7) is 5.34. The number of hydrogen-bond acceptors (Lipinski definition) is 1. The Labute approximate surface area is 203 Å². The summed E-state index contributed by atoms with van der Waals surface area (Å²) >= 11 is 0. The molecule has 0 amide bonds. The van der Waals surface area contributed by atoms with Crippen molar-refractivity contribution in [1.82, 2.24) is 0 Å². The van der Waals surface area contributed by atoms with Gasteiger partial charge in [0.05, 0.1) is 6.61 Å². The van der Waals surface area contributed by atoms with Gasteiger partial charge in [-0.3, -0.25) is 0 Å². The first kappa shape index (κ1) is 25.4. The highest BCUT2D eigenvalue weighted by Gasteiger charge is 2.19. The Morgan fingerprint density at radius 2 is 1.30 bits per heavy atom. The summed E-state index contributed by atoms with van der Waals surface area (Å²) in [5, 5.41) is 0. The van der Waals surface area contributed by atoms with Gasteiger partial charge in [0, 0.05) is 11.5 Å². The second-order valence-electron chi connectivity index (χ2n) is 9.85. The quantitative estimate of drug-likeness (QED) is 0.234. The zero-order valence-electron chi connectivity index (χ0n) is 21.1. The molecule has 0 unspecified atom stereocenters. The van der Waals surface area contributed by atoms with Crippen LogP contribution in [-0.4, -0.2) is 6.61 Å². The maximum Gasteiger partial charge on any atom is 0.119 e. The predicted molar refractivity (Wildman–Crippen MR) is 143 cm³/mol. The molecule has 1 nitrogen and oxygen atoms in total. The smallest absolute Gasteiger partial charge is 0.119 e. The van der Waals surface area contributed by atoms with E-state index in [0.29, 0.717) is 5.92 Å². The summed E-state index contributed by atoms with van der Waals surface area (Å²) < 4.78 is 5.87. The Bertz CT molecular complexity index is 829. The van der Waals surface area contributed by atoms with Crippen molar-refractivity contribution in [3.63, 3.8) is 0 Å². The van der Waals surface area contributed by atoms with Crippen LogP contribution >= 0.6 is 0 Å². The third kappa shape index (κ3) is 9.29. The molecule has 33 heavy (non-hydrogen) atoms. The minimum atomic E-state index is 0.589. The van der Waals surface area contributed by atoms with Crippen molar-refractivity contribution in [1.29, 1.82) is 0 Å². The van der Waals surface area contributed by atoms with Crippen LogP contribution in [0.25, 0.3) is 11.1 Å². The van der Waals surface area contributed by atoms with Crippen LogP contribution in [0.4, 0.5) is 0 Å². The lowest BCUT2D eigenvalue weighted by Crippen LogP contribution is -2.13. The molecule has 0 N–H and O–H groups in total. The van der Waals surface area contributed by atoms with Crippen LogP contribution in [-0.2, 0) is 0 Å². The summed E-state index contributed by atoms with van der Waals surface area (Å²) in [6.07, 6.45) is 17.3. The first-order valence-electron chi connectivity index (χ1n) is 13.6. The molecule has 0 heterocycles. The molecule has 1 heteroatoms. The van der Waals surface area contributed by atoms with Gasteiger partial charge in [-0.15, -0.1) is 0 Å². The van der Waals surface area contributed by atoms with E-state index in [9.17, 15) is 0 Å². The molecular formula is C32H44O. The Balaban J connectivity index is 1.42. The van der Waals surface area contributed by atoms with Gasteiger partial charge in [0.25, 0.3) is 0 Å². The minimum Gasteiger partial charge on any atom is -0.494 e. The molecule has 2 aromatic rings. The van der Waals surface area contributed by atoms with E-state index in [-0.39, 0.29) is 0 Å². The highest BCUT2D eigenvalue weighted by molar-refractivity contribution is 5.65. The maximum absolute atomic E-state index is 5.87. The monoisotopic (exact) mass is 444 g/mol. The molecule has 3 rings (SSSR count). The largest absolute Gasteiger partial charge is 0.494 e. The van der Waals surface area contributed by atoms with Crippen molar-refractivity contribution in [2.24, 2.45) is 11.8 Å². The van der Waals surface area contributed by atoms with Gasteiger partial charge in [0.2, 0.25) is 0 Å². The van der Waals surface area contributed by atoms with Crippen molar-refractivity contribution in [3.05, 3.63) is 54.1 Å². The van der Waals surface area contributed by atoms with Crippen LogP contribution in [0.15, 0.2) is 48.5 Å². The Morgan fingerprint density at radius 3 is 1.94 bits per heavy atom. The van der Waals surface area contributed by atoms with Gasteiger partial charge in [0.1, 0.15) is 5.75 Å². The van der Waals surface area contributed by atoms with E-state index in [4.69, 9.17) is 4.74 Å². The molecule has 0 bridgehead atoms. The normalized spacial score (nSPS) is 17.9. The Hall–Kier alpha value is -2.20. The molecule has 1 aliphatic rings. The van der Waals surface area contributed by atoms with E-state index in [1.54, 1.807) is 0 Å². The van der Waals surface area contributed by atoms with Crippen LogP contribution in [0.2, 0.25) is 0 Å². The molecule has 0 atom stereocenters. The van der Waals surface area contributed by atoms with Crippen molar-refractivity contribution in [2.75, 3.05) is 6.61 Å². The van der Waals surface area contributed by atoms with Gasteiger partial charge < -0.3 is 4.74 Å². The molecule has 1 aliphatic carbocycles. The maximum atomic E-state index is 5.87. The van der Waals surface area contributed by atoms with Gasteiger partial charge >= 0.3 is 0 Å². The Kier molecular flexibility index (Phi) is 11.4. The second kappa shape index (κ2) is 14.8. The third-order valence-electron chi connectivity index (χ3n) is 7.07. The zero-order valence-corrected chi connectivity index (χ0v) is 21.1. The Morgan fingerprint density at radius 1 is 0.697 bits per heavy atom. The van der Waals surface area contributed by atoms with Crippen molar-refractivity contribution < 1.29 is 4.74 Å². The zero-order chi connectivity index (χ0) is 23.1. The van der Waals surface area contributed by atoms with Crippen LogP contribution < -0.4 is 4.74 Å². The van der Waals surface area contributed by atoms with Crippen molar-refractivity contribution >= 4 is 0 Å². The van der Waals surface area contributed by atoms with E-state index in [2.05, 4.69) is 74.2 Å². The van der Waals surface area contributed by atoms with Crippen LogP contribution in [0.5, 0.6) is 5.75 Å². The standard InChI is InChI=1S/C32H44O/c1-3-5-7-9-11-27-12-14-28(15-13-27)16-17-29-18-20-30(21-19-29)31-22-24-32(25-23-31)33-26-10-8-6-4-2/h18-25,27-28H,3-15,26H2,1-2H3. The molecule has 0 radical (unpaired) electrons. The summed E-state index contributed by atoms with van der Waals surface area (Å²) in [7, 11) is 0. The minimum absolute atomic E-state index is 0.589. The summed E-state index contributed by atoms with van der Waals surface area (Å²) in [5.41, 5.74) is 3.59. The number of benzene rings is 2. The van der Waals surface area contributed by atoms with Gasteiger partial charge in [-0.2, -0.15) is 0 Å². The first-order valence-corrected chi connectivity index (χ1v) is 13.6. The SMILES string of the molecule is CCCCCCOc1ccc(-c2ccc(C#CC3CCC(CCCCCC)CC3)cc2)cc1. The molecule has 0 saturated heterocycles.